The first-order valence-electron chi connectivity index (χ1n) is 7.23. The highest BCUT2D eigenvalue weighted by Crippen LogP contribution is 2.23. The van der Waals surface area contributed by atoms with Crippen LogP contribution >= 0.6 is 0 Å². The van der Waals surface area contributed by atoms with E-state index in [1.807, 2.05) is 0 Å². The number of nitrogens with one attached hydrogen (secondary N) is 1. The molecule has 1 aromatic heterocycles. The van der Waals surface area contributed by atoms with Crippen molar-refractivity contribution in [2.45, 2.75) is 17.9 Å². The molecular formula is C14H24N4O2S. The van der Waals surface area contributed by atoms with Crippen molar-refractivity contribution in [3.05, 3.63) is 18.3 Å². The minimum Gasteiger partial charge on any atom is -0.386 e. The van der Waals surface area contributed by atoms with E-state index >= 15 is 0 Å². The number of rotatable bonds is 5. The third-order valence-electron chi connectivity index (χ3n) is 4.05. The molecule has 0 atom stereocenters. The lowest BCUT2D eigenvalue weighted by molar-refractivity contribution is 0.202. The van der Waals surface area contributed by atoms with Gasteiger partial charge in [-0.1, -0.05) is 0 Å². The number of aromatic nitrogens is 1. The summed E-state index contributed by atoms with van der Waals surface area (Å²) in [6.07, 6.45) is 3.59. The minimum absolute atomic E-state index is 0.0999. The standard InChI is InChI=1S/C14H24N4O2S/c1-15-13-5-4-8-16-14(13)21(19,20)18(3)11-12-6-9-17(2)10-7-12/h4-5,8,12,15H,6-7,9-11H2,1-3H3. The van der Waals surface area contributed by atoms with Crippen molar-refractivity contribution in [3.8, 4) is 0 Å². The Morgan fingerprint density at radius 3 is 2.71 bits per heavy atom. The maximum atomic E-state index is 12.7. The van der Waals surface area contributed by atoms with Crippen molar-refractivity contribution >= 4 is 15.7 Å². The average Bonchev–Trinajstić information content (AvgIpc) is 2.49. The normalized spacial score (nSPS) is 18.1. The van der Waals surface area contributed by atoms with Crippen molar-refractivity contribution in [1.82, 2.24) is 14.2 Å². The Hall–Kier alpha value is -1.18. The van der Waals surface area contributed by atoms with Gasteiger partial charge in [0.1, 0.15) is 0 Å². The minimum atomic E-state index is -3.55. The van der Waals surface area contributed by atoms with E-state index in [1.54, 1.807) is 26.2 Å². The Morgan fingerprint density at radius 2 is 2.10 bits per heavy atom. The van der Waals surface area contributed by atoms with Crippen LogP contribution in [0.3, 0.4) is 0 Å². The van der Waals surface area contributed by atoms with Crippen LogP contribution in [0.15, 0.2) is 23.4 Å². The van der Waals surface area contributed by atoms with E-state index in [4.69, 9.17) is 0 Å². The van der Waals surface area contributed by atoms with E-state index in [0.29, 0.717) is 18.2 Å². The van der Waals surface area contributed by atoms with Crippen LogP contribution in [0.4, 0.5) is 5.69 Å². The summed E-state index contributed by atoms with van der Waals surface area (Å²) in [5.41, 5.74) is 0.535. The number of likely N-dealkylation sites (tertiary alicyclic amines) is 1. The molecule has 2 rings (SSSR count). The van der Waals surface area contributed by atoms with E-state index in [-0.39, 0.29) is 5.03 Å². The van der Waals surface area contributed by atoms with Gasteiger partial charge in [-0.05, 0) is 51.0 Å². The van der Waals surface area contributed by atoms with Gasteiger partial charge in [-0.3, -0.25) is 0 Å². The predicted octanol–water partition coefficient (Wildman–Crippen LogP) is 1.09. The molecule has 1 aliphatic heterocycles. The van der Waals surface area contributed by atoms with E-state index in [0.717, 1.165) is 25.9 Å². The van der Waals surface area contributed by atoms with Gasteiger partial charge in [-0.15, -0.1) is 0 Å². The largest absolute Gasteiger partial charge is 0.386 e. The van der Waals surface area contributed by atoms with Crippen molar-refractivity contribution in [1.29, 1.82) is 0 Å². The number of piperidine rings is 1. The Bertz CT molecular complexity index is 568. The third-order valence-corrected chi connectivity index (χ3v) is 5.83. The molecule has 118 valence electrons. The predicted molar refractivity (Wildman–Crippen MR) is 83.8 cm³/mol. The van der Waals surface area contributed by atoms with Crippen LogP contribution in [-0.2, 0) is 10.0 Å². The van der Waals surface area contributed by atoms with Gasteiger partial charge in [0.05, 0.1) is 5.69 Å². The van der Waals surface area contributed by atoms with Crippen molar-refractivity contribution in [2.75, 3.05) is 46.1 Å². The van der Waals surface area contributed by atoms with E-state index in [1.165, 1.54) is 10.5 Å². The van der Waals surface area contributed by atoms with Crippen LogP contribution in [0.1, 0.15) is 12.8 Å². The van der Waals surface area contributed by atoms with Gasteiger partial charge in [0.25, 0.3) is 10.0 Å². The van der Waals surface area contributed by atoms with E-state index < -0.39 is 10.0 Å². The van der Waals surface area contributed by atoms with Gasteiger partial charge < -0.3 is 10.2 Å². The molecule has 0 saturated carbocycles. The van der Waals surface area contributed by atoms with Crippen LogP contribution in [0, 0.1) is 5.92 Å². The lowest BCUT2D eigenvalue weighted by atomic mass is 9.97. The van der Waals surface area contributed by atoms with Gasteiger partial charge in [-0.25, -0.2) is 13.4 Å². The lowest BCUT2D eigenvalue weighted by Gasteiger charge is -2.31. The SMILES string of the molecule is CNc1cccnc1S(=O)(=O)N(C)CC1CCN(C)CC1. The quantitative estimate of drug-likeness (QED) is 0.881. The topological polar surface area (TPSA) is 65.5 Å². The maximum absolute atomic E-state index is 12.7. The molecule has 1 N–H and O–H groups in total. The van der Waals surface area contributed by atoms with Crippen molar-refractivity contribution < 1.29 is 8.42 Å². The number of sulfonamides is 1. The summed E-state index contributed by atoms with van der Waals surface area (Å²) in [7, 11) is 1.89. The Kier molecular flexibility index (Phi) is 5.18. The van der Waals surface area contributed by atoms with Gasteiger partial charge in [0.2, 0.25) is 0 Å². The molecule has 0 unspecified atom stereocenters. The molecule has 0 aromatic carbocycles. The second-order valence-corrected chi connectivity index (χ2v) is 7.60. The highest BCUT2D eigenvalue weighted by Gasteiger charge is 2.28. The zero-order valence-electron chi connectivity index (χ0n) is 12.9. The summed E-state index contributed by atoms with van der Waals surface area (Å²) in [5, 5.41) is 2.99. The van der Waals surface area contributed by atoms with Gasteiger partial charge >= 0.3 is 0 Å². The molecule has 1 fully saturated rings. The second kappa shape index (κ2) is 6.72. The number of pyridine rings is 1. The maximum Gasteiger partial charge on any atom is 0.262 e. The Morgan fingerprint density at radius 1 is 1.43 bits per heavy atom. The smallest absolute Gasteiger partial charge is 0.262 e. The summed E-state index contributed by atoms with van der Waals surface area (Å²) in [6, 6.07) is 3.45. The number of hydrogen-bond donors (Lipinski definition) is 1. The molecular weight excluding hydrogens is 288 g/mol. The summed E-state index contributed by atoms with van der Waals surface area (Å²) in [6.45, 7) is 2.61. The zero-order valence-corrected chi connectivity index (χ0v) is 13.7. The molecule has 0 aliphatic carbocycles. The van der Waals surface area contributed by atoms with Crippen LogP contribution in [0.5, 0.6) is 0 Å². The summed E-state index contributed by atoms with van der Waals surface area (Å²) in [4.78, 5) is 6.33. The summed E-state index contributed by atoms with van der Waals surface area (Å²) in [5.74, 6) is 0.419. The molecule has 0 bridgehead atoms. The molecule has 6 nitrogen and oxygen atoms in total. The fraction of sp³-hybridized carbons (Fsp3) is 0.643. The van der Waals surface area contributed by atoms with E-state index in [9.17, 15) is 8.42 Å². The molecule has 1 aliphatic rings. The molecule has 1 saturated heterocycles. The molecule has 21 heavy (non-hydrogen) atoms. The average molecular weight is 312 g/mol. The van der Waals surface area contributed by atoms with Crippen LogP contribution in [0.25, 0.3) is 0 Å². The second-order valence-electron chi connectivity index (χ2n) is 5.64. The fourth-order valence-corrected chi connectivity index (χ4v) is 3.98. The zero-order chi connectivity index (χ0) is 15.5. The molecule has 1 aromatic rings. The summed E-state index contributed by atoms with van der Waals surface area (Å²) >= 11 is 0. The van der Waals surface area contributed by atoms with Gasteiger partial charge in [0, 0.05) is 26.8 Å². The van der Waals surface area contributed by atoms with Crippen LogP contribution in [-0.4, -0.2) is 63.4 Å². The van der Waals surface area contributed by atoms with Gasteiger partial charge in [0.15, 0.2) is 5.03 Å². The molecule has 2 heterocycles. The number of hydrogen-bond acceptors (Lipinski definition) is 5. The highest BCUT2D eigenvalue weighted by atomic mass is 32.2. The van der Waals surface area contributed by atoms with Crippen molar-refractivity contribution in [3.63, 3.8) is 0 Å². The molecule has 7 heteroatoms. The van der Waals surface area contributed by atoms with Gasteiger partial charge in [-0.2, -0.15) is 4.31 Å². The summed E-state index contributed by atoms with van der Waals surface area (Å²) < 4.78 is 26.8. The number of nitrogens with zero attached hydrogens (tertiary/aromatic N) is 3. The number of anilines is 1. The monoisotopic (exact) mass is 312 g/mol. The third kappa shape index (κ3) is 3.72. The molecule has 0 spiro atoms. The highest BCUT2D eigenvalue weighted by molar-refractivity contribution is 7.89. The fourth-order valence-electron chi connectivity index (χ4n) is 2.64. The van der Waals surface area contributed by atoms with Crippen LogP contribution < -0.4 is 5.32 Å². The van der Waals surface area contributed by atoms with Crippen LogP contribution in [0.2, 0.25) is 0 Å². The first-order chi connectivity index (χ1) is 9.95. The molecule has 0 amide bonds. The van der Waals surface area contributed by atoms with E-state index in [2.05, 4.69) is 22.2 Å². The Balaban J connectivity index is 2.11. The first kappa shape index (κ1) is 16.2. The molecule has 0 radical (unpaired) electrons. The lowest BCUT2D eigenvalue weighted by Crippen LogP contribution is -2.38. The van der Waals surface area contributed by atoms with Crippen molar-refractivity contribution in [2.24, 2.45) is 5.92 Å². The first-order valence-corrected chi connectivity index (χ1v) is 8.67. The Labute approximate surface area is 127 Å².